The molecule has 73 heavy (non-hydrogen) atoms. The summed E-state index contributed by atoms with van der Waals surface area (Å²) in [5, 5.41) is 0. The topological polar surface area (TPSA) is 71.1 Å². The highest BCUT2D eigenvalue weighted by molar-refractivity contribution is 5.86. The Morgan fingerprint density at radius 1 is 0.301 bits per heavy atom. The number of hydrogen-bond donors (Lipinski definition) is 0. The van der Waals surface area contributed by atoms with Crippen molar-refractivity contribution in [3.05, 3.63) is 203 Å². The molecule has 6 aromatic rings. The van der Waals surface area contributed by atoms with Gasteiger partial charge in [0.1, 0.15) is 0 Å². The fourth-order valence-corrected chi connectivity index (χ4v) is 9.04. The number of rotatable bonds is 4. The van der Waals surface area contributed by atoms with Crippen molar-refractivity contribution < 1.29 is 28.5 Å². The lowest BCUT2D eigenvalue weighted by Gasteiger charge is -2.36. The number of fused-ring (bicyclic) bond motifs is 3. The summed E-state index contributed by atoms with van der Waals surface area (Å²) < 4.78 is 16.2. The van der Waals surface area contributed by atoms with E-state index in [9.17, 15) is 9.59 Å². The molecule has 0 bridgehead atoms. The largest absolute Gasteiger partial charge is 0.507 e. The van der Waals surface area contributed by atoms with Crippen molar-refractivity contribution in [3.63, 3.8) is 0 Å². The molecule has 0 N–H and O–H groups in total. The normalized spacial score (nSPS) is 12.9. The van der Waals surface area contributed by atoms with E-state index in [-0.39, 0.29) is 10.8 Å². The lowest BCUT2D eigenvalue weighted by molar-refractivity contribution is 0.0915. The molecule has 0 aliphatic heterocycles. The van der Waals surface area contributed by atoms with Crippen molar-refractivity contribution in [2.24, 2.45) is 0 Å². The predicted molar refractivity (Wildman–Crippen MR) is 315 cm³/mol. The summed E-state index contributed by atoms with van der Waals surface area (Å²) in [6.07, 6.45) is 13.9. The van der Waals surface area contributed by atoms with E-state index in [1.54, 1.807) is 0 Å². The summed E-state index contributed by atoms with van der Waals surface area (Å²) in [5.41, 5.74) is 11.1. The first-order valence-corrected chi connectivity index (χ1v) is 27.6. The third-order valence-corrected chi connectivity index (χ3v) is 11.9. The maximum Gasteiger partial charge on any atom is 0.507 e. The molecule has 0 unspecified atom stereocenters. The van der Waals surface area contributed by atoms with Gasteiger partial charge in [-0.1, -0.05) is 311 Å². The quantitative estimate of drug-likeness (QED) is 0.164. The van der Waals surface area contributed by atoms with Crippen LogP contribution in [-0.2, 0) is 29.8 Å². The van der Waals surface area contributed by atoms with E-state index in [0.717, 1.165) is 0 Å². The van der Waals surface area contributed by atoms with Gasteiger partial charge in [-0.25, -0.2) is 9.59 Å². The standard InChI is InChI=1S/C25H18.C24H32.2C3H6O3.6C2H6/c1-3-11-19(12-4-1)25(20-13-5-2-6-14-20)23-17-9-7-15-21(23)22-16-8-10-18-24(22)25;1-2-4-6-14-20-24(21-15-7-5-3-1,22-16-10-8-11-17-22)23-18-12-9-13-19-23;2*1-5-3(4)6-2;6*1-2/h1-18H;8-13,16-19H,1-7,14-15,20-21H2;2*1-2H3;6*1-2H3. The first-order chi connectivity index (χ1) is 36.0. The molecule has 0 atom stereocenters. The molecule has 6 nitrogen and oxygen atoms in total. The summed E-state index contributed by atoms with van der Waals surface area (Å²) in [7, 11) is 5.02. The Hall–Kier alpha value is -6.14. The van der Waals surface area contributed by atoms with Gasteiger partial charge in [-0.2, -0.15) is 0 Å². The van der Waals surface area contributed by atoms with Gasteiger partial charge in [-0.05, 0) is 57.3 Å². The molecular formula is C67H98O6. The maximum absolute atomic E-state index is 9.74. The van der Waals surface area contributed by atoms with E-state index < -0.39 is 12.3 Å². The Bertz CT molecular complexity index is 2000. The summed E-state index contributed by atoms with van der Waals surface area (Å²) in [4.78, 5) is 19.5. The number of hydrogen-bond acceptors (Lipinski definition) is 6. The second-order valence-corrected chi connectivity index (χ2v) is 15.4. The molecule has 8 rings (SSSR count). The molecule has 0 radical (unpaired) electrons. The first kappa shape index (κ1) is 68.9. The zero-order valence-corrected chi connectivity index (χ0v) is 48.4. The molecular weight excluding hydrogens is 901 g/mol. The summed E-state index contributed by atoms with van der Waals surface area (Å²) in [6.45, 7) is 24.0. The number of methoxy groups -OCH3 is 4. The predicted octanol–water partition coefficient (Wildman–Crippen LogP) is 20.3. The second kappa shape index (κ2) is 44.6. The van der Waals surface area contributed by atoms with Gasteiger partial charge in [0, 0.05) is 5.41 Å². The van der Waals surface area contributed by atoms with Crippen molar-refractivity contribution in [2.75, 3.05) is 28.4 Å². The minimum atomic E-state index is -0.657. The van der Waals surface area contributed by atoms with Crippen molar-refractivity contribution in [3.8, 4) is 11.1 Å². The second-order valence-electron chi connectivity index (χ2n) is 15.4. The fourth-order valence-electron chi connectivity index (χ4n) is 9.04. The van der Waals surface area contributed by atoms with E-state index in [1.165, 1.54) is 144 Å². The minimum Gasteiger partial charge on any atom is -0.438 e. The van der Waals surface area contributed by atoms with Gasteiger partial charge in [0.05, 0.1) is 33.9 Å². The summed E-state index contributed by atoms with van der Waals surface area (Å²) in [6, 6.07) is 62.1. The van der Waals surface area contributed by atoms with E-state index in [4.69, 9.17) is 0 Å². The van der Waals surface area contributed by atoms with Crippen LogP contribution in [0.2, 0.25) is 0 Å². The molecule has 1 saturated carbocycles. The van der Waals surface area contributed by atoms with Crippen LogP contribution in [0.4, 0.5) is 9.59 Å². The summed E-state index contributed by atoms with van der Waals surface area (Å²) in [5.74, 6) is 0. The van der Waals surface area contributed by atoms with Gasteiger partial charge >= 0.3 is 12.3 Å². The fraction of sp³-hybridized carbons (Fsp3) is 0.433. The number of ether oxygens (including phenoxy) is 4. The van der Waals surface area contributed by atoms with Crippen LogP contribution in [0.15, 0.2) is 170 Å². The zero-order chi connectivity index (χ0) is 55.2. The monoisotopic (exact) mass is 999 g/mol. The molecule has 0 spiro atoms. The van der Waals surface area contributed by atoms with E-state index >= 15 is 0 Å². The average molecular weight is 1000 g/mol. The lowest BCUT2D eigenvalue weighted by Crippen LogP contribution is -2.28. The summed E-state index contributed by atoms with van der Waals surface area (Å²) >= 11 is 0. The van der Waals surface area contributed by atoms with Crippen LogP contribution < -0.4 is 0 Å². The van der Waals surface area contributed by atoms with Crippen molar-refractivity contribution >= 4 is 12.3 Å². The van der Waals surface area contributed by atoms with Crippen LogP contribution in [0.1, 0.15) is 187 Å². The highest BCUT2D eigenvalue weighted by Crippen LogP contribution is 2.55. The molecule has 1 fully saturated rings. The smallest absolute Gasteiger partial charge is 0.438 e. The first-order valence-electron chi connectivity index (χ1n) is 27.6. The Balaban J connectivity index is 0. The van der Waals surface area contributed by atoms with Crippen LogP contribution in [0.5, 0.6) is 0 Å². The molecule has 2 aliphatic carbocycles. The molecule has 402 valence electrons. The molecule has 0 heterocycles. The maximum atomic E-state index is 9.74. The molecule has 6 heteroatoms. The van der Waals surface area contributed by atoms with Crippen molar-refractivity contribution in [1.82, 2.24) is 0 Å². The Labute approximate surface area is 446 Å². The zero-order valence-electron chi connectivity index (χ0n) is 48.4. The van der Waals surface area contributed by atoms with Gasteiger partial charge < -0.3 is 18.9 Å². The lowest BCUT2D eigenvalue weighted by atomic mass is 9.68. The van der Waals surface area contributed by atoms with Gasteiger partial charge in [0.15, 0.2) is 0 Å². The number of benzene rings is 6. The highest BCUT2D eigenvalue weighted by atomic mass is 16.7. The van der Waals surface area contributed by atoms with Gasteiger partial charge in [0.2, 0.25) is 0 Å². The van der Waals surface area contributed by atoms with E-state index in [2.05, 4.69) is 189 Å². The molecule has 6 aromatic carbocycles. The van der Waals surface area contributed by atoms with Gasteiger partial charge in [-0.15, -0.1) is 0 Å². The van der Waals surface area contributed by atoms with Crippen LogP contribution >= 0.6 is 0 Å². The van der Waals surface area contributed by atoms with Crippen molar-refractivity contribution in [1.29, 1.82) is 0 Å². The highest BCUT2D eigenvalue weighted by Gasteiger charge is 2.45. The minimum absolute atomic E-state index is 0.210. The molecule has 0 aromatic heterocycles. The van der Waals surface area contributed by atoms with Gasteiger partial charge in [0.25, 0.3) is 0 Å². The third-order valence-electron chi connectivity index (χ3n) is 11.9. The Kier molecular flexibility index (Phi) is 42.1. The number of carbonyl (C=O) groups is 2. The third kappa shape index (κ3) is 21.5. The average Bonchev–Trinajstić information content (AvgIpc) is 3.80. The SMILES string of the molecule is CC.CC.CC.CC.CC.CC.COC(=O)OC.COC(=O)OC.c1ccc(C2(c3ccccc3)CCCCCCCCCCC2)cc1.c1ccc(C2(c3ccccc3)c3ccccc3-c3ccccc32)cc1. The van der Waals surface area contributed by atoms with Crippen LogP contribution in [0, 0.1) is 0 Å². The Morgan fingerprint density at radius 3 is 0.767 bits per heavy atom. The van der Waals surface area contributed by atoms with Gasteiger partial charge in [-0.3, -0.25) is 0 Å². The molecule has 0 saturated heterocycles. The van der Waals surface area contributed by atoms with Crippen LogP contribution in [0.25, 0.3) is 11.1 Å². The van der Waals surface area contributed by atoms with Crippen LogP contribution in [-0.4, -0.2) is 40.7 Å². The molecule has 0 amide bonds. The van der Waals surface area contributed by atoms with E-state index in [1.807, 2.05) is 83.1 Å². The van der Waals surface area contributed by atoms with Crippen LogP contribution in [0.3, 0.4) is 0 Å². The van der Waals surface area contributed by atoms with Crippen molar-refractivity contribution in [2.45, 2.75) is 165 Å². The molecule has 2 aliphatic rings. The van der Waals surface area contributed by atoms with E-state index in [0.29, 0.717) is 0 Å². The number of carbonyl (C=O) groups excluding carboxylic acids is 2. The Morgan fingerprint density at radius 2 is 0.521 bits per heavy atom.